The van der Waals surface area contributed by atoms with Gasteiger partial charge in [0.1, 0.15) is 0 Å². The molecule has 7 heteroatoms. The molecule has 0 bridgehead atoms. The number of amides is 1. The van der Waals surface area contributed by atoms with Gasteiger partial charge in [-0.15, -0.1) is 0 Å². The number of benzene rings is 2. The van der Waals surface area contributed by atoms with Crippen LogP contribution in [0.25, 0.3) is 22.3 Å². The number of nitrogens with one attached hydrogen (secondary N) is 3. The van der Waals surface area contributed by atoms with Gasteiger partial charge in [-0.3, -0.25) is 14.8 Å². The molecule has 1 aliphatic heterocycles. The number of piperazine rings is 1. The van der Waals surface area contributed by atoms with Crippen molar-refractivity contribution in [3.05, 3.63) is 83.6 Å². The lowest BCUT2D eigenvalue weighted by Gasteiger charge is -2.35. The second-order valence-electron chi connectivity index (χ2n) is 8.39. The van der Waals surface area contributed by atoms with E-state index in [4.69, 9.17) is 0 Å². The molecule has 7 nitrogen and oxygen atoms in total. The monoisotopic (exact) mass is 440 g/mol. The number of carbonyl (C=O) groups excluding carboxylic acids is 1. The molecule has 0 saturated carbocycles. The lowest BCUT2D eigenvalue weighted by atomic mass is 10.0. The molecule has 3 heterocycles. The third-order valence-electron chi connectivity index (χ3n) is 6.25. The van der Waals surface area contributed by atoms with Crippen molar-refractivity contribution in [3.8, 4) is 11.3 Å². The van der Waals surface area contributed by atoms with Crippen molar-refractivity contribution in [1.29, 1.82) is 0 Å². The molecule has 5 rings (SSSR count). The number of aromatic amines is 1. The average molecular weight is 441 g/mol. The predicted octanol–water partition coefficient (Wildman–Crippen LogP) is 3.31. The Balaban J connectivity index is 1.45. The summed E-state index contributed by atoms with van der Waals surface area (Å²) in [4.78, 5) is 20.6. The zero-order valence-electron chi connectivity index (χ0n) is 18.7. The van der Waals surface area contributed by atoms with Gasteiger partial charge in [0.05, 0.1) is 22.7 Å². The molecule has 0 spiro atoms. The smallest absolute Gasteiger partial charge is 0.252 e. The first-order chi connectivity index (χ1) is 16.2. The number of rotatable bonds is 6. The first kappa shape index (κ1) is 21.3. The highest BCUT2D eigenvalue weighted by Gasteiger charge is 2.24. The van der Waals surface area contributed by atoms with E-state index in [9.17, 15) is 4.79 Å². The van der Waals surface area contributed by atoms with Crippen LogP contribution in [0.4, 0.5) is 0 Å². The summed E-state index contributed by atoms with van der Waals surface area (Å²) in [6.45, 7) is 6.27. The van der Waals surface area contributed by atoms with Gasteiger partial charge in [-0.2, -0.15) is 5.10 Å². The van der Waals surface area contributed by atoms with Crippen LogP contribution in [-0.2, 0) is 0 Å². The highest BCUT2D eigenvalue weighted by atomic mass is 16.1. The zero-order valence-corrected chi connectivity index (χ0v) is 18.7. The summed E-state index contributed by atoms with van der Waals surface area (Å²) in [5.41, 5.74) is 4.89. The molecule has 33 heavy (non-hydrogen) atoms. The maximum absolute atomic E-state index is 13.5. The van der Waals surface area contributed by atoms with E-state index in [-0.39, 0.29) is 11.9 Å². The SMILES string of the molecule is Cc1[nH]nc2nc(-c3ccccc3)cc(C(=O)NCC(c3ccccc3)N3CCNCC3)c12. The average Bonchev–Trinajstić information content (AvgIpc) is 3.26. The molecule has 1 amide bonds. The fourth-order valence-electron chi connectivity index (χ4n) is 4.52. The van der Waals surface area contributed by atoms with Gasteiger partial charge in [-0.05, 0) is 18.6 Å². The predicted molar refractivity (Wildman–Crippen MR) is 130 cm³/mol. The van der Waals surface area contributed by atoms with Crippen molar-refractivity contribution in [1.82, 2.24) is 30.7 Å². The van der Waals surface area contributed by atoms with E-state index in [2.05, 4.69) is 55.0 Å². The summed E-state index contributed by atoms with van der Waals surface area (Å²) in [7, 11) is 0. The first-order valence-electron chi connectivity index (χ1n) is 11.4. The van der Waals surface area contributed by atoms with Gasteiger partial charge < -0.3 is 10.6 Å². The molecule has 4 aromatic rings. The highest BCUT2D eigenvalue weighted by molar-refractivity contribution is 6.07. The molecule has 3 N–H and O–H groups in total. The van der Waals surface area contributed by atoms with Crippen LogP contribution in [-0.4, -0.2) is 58.7 Å². The van der Waals surface area contributed by atoms with Crippen LogP contribution in [0.5, 0.6) is 0 Å². The molecule has 1 fully saturated rings. The van der Waals surface area contributed by atoms with Gasteiger partial charge in [-0.25, -0.2) is 4.98 Å². The summed E-state index contributed by atoms with van der Waals surface area (Å²) in [5, 5.41) is 14.7. The lowest BCUT2D eigenvalue weighted by Crippen LogP contribution is -2.48. The Kier molecular flexibility index (Phi) is 6.15. The molecule has 168 valence electrons. The van der Waals surface area contributed by atoms with Crippen LogP contribution in [0.1, 0.15) is 27.7 Å². The van der Waals surface area contributed by atoms with E-state index in [1.807, 2.05) is 49.4 Å². The number of hydrogen-bond donors (Lipinski definition) is 3. The van der Waals surface area contributed by atoms with Gasteiger partial charge in [0.15, 0.2) is 5.65 Å². The van der Waals surface area contributed by atoms with Gasteiger partial charge in [0.25, 0.3) is 5.91 Å². The molecular weight excluding hydrogens is 412 g/mol. The Morgan fingerprint density at radius 2 is 1.76 bits per heavy atom. The van der Waals surface area contributed by atoms with Crippen molar-refractivity contribution in [2.75, 3.05) is 32.7 Å². The van der Waals surface area contributed by atoms with Crippen LogP contribution in [0.3, 0.4) is 0 Å². The summed E-state index contributed by atoms with van der Waals surface area (Å²) in [6, 6.07) is 22.3. The largest absolute Gasteiger partial charge is 0.350 e. The van der Waals surface area contributed by atoms with E-state index >= 15 is 0 Å². The van der Waals surface area contributed by atoms with Gasteiger partial charge in [0.2, 0.25) is 0 Å². The summed E-state index contributed by atoms with van der Waals surface area (Å²) >= 11 is 0. The van der Waals surface area contributed by atoms with E-state index < -0.39 is 0 Å². The Morgan fingerprint density at radius 3 is 2.48 bits per heavy atom. The quantitative estimate of drug-likeness (QED) is 0.428. The highest BCUT2D eigenvalue weighted by Crippen LogP contribution is 2.26. The van der Waals surface area contributed by atoms with Crippen molar-refractivity contribution < 1.29 is 4.79 Å². The third kappa shape index (κ3) is 4.51. The van der Waals surface area contributed by atoms with Crippen molar-refractivity contribution >= 4 is 16.9 Å². The molecule has 2 aromatic heterocycles. The lowest BCUT2D eigenvalue weighted by molar-refractivity contribution is 0.0929. The number of carbonyl (C=O) groups is 1. The molecule has 1 atom stereocenters. The van der Waals surface area contributed by atoms with Crippen LogP contribution in [0.2, 0.25) is 0 Å². The number of fused-ring (bicyclic) bond motifs is 1. The Bertz CT molecular complexity index is 1230. The van der Waals surface area contributed by atoms with Gasteiger partial charge in [0, 0.05) is 44.0 Å². The number of hydrogen-bond acceptors (Lipinski definition) is 5. The number of H-pyrrole nitrogens is 1. The van der Waals surface area contributed by atoms with Crippen molar-refractivity contribution in [3.63, 3.8) is 0 Å². The fraction of sp³-hybridized carbons (Fsp3) is 0.269. The van der Waals surface area contributed by atoms with Crippen LogP contribution in [0, 0.1) is 6.92 Å². The number of aryl methyl sites for hydroxylation is 1. The molecule has 1 unspecified atom stereocenters. The molecule has 1 aliphatic rings. The molecule has 0 radical (unpaired) electrons. The van der Waals surface area contributed by atoms with E-state index in [0.717, 1.165) is 48.5 Å². The molecule has 0 aliphatic carbocycles. The minimum absolute atomic E-state index is 0.111. The fourth-order valence-corrected chi connectivity index (χ4v) is 4.52. The first-order valence-corrected chi connectivity index (χ1v) is 11.4. The van der Waals surface area contributed by atoms with Crippen molar-refractivity contribution in [2.45, 2.75) is 13.0 Å². The normalized spacial score (nSPS) is 15.4. The van der Waals surface area contributed by atoms with Crippen molar-refractivity contribution in [2.24, 2.45) is 0 Å². The molecular formula is C26H28N6O. The standard InChI is InChI=1S/C26H28N6O/c1-18-24-21(16-22(29-25(24)31-30-18)19-8-4-2-5-9-19)26(33)28-17-23(20-10-6-3-7-11-20)32-14-12-27-13-15-32/h2-11,16,23,27H,12-15,17H2,1H3,(H,28,33)(H,29,30,31). The number of pyridine rings is 1. The van der Waals surface area contributed by atoms with E-state index in [0.29, 0.717) is 17.8 Å². The summed E-state index contributed by atoms with van der Waals surface area (Å²) in [5.74, 6) is -0.111. The second-order valence-corrected chi connectivity index (χ2v) is 8.39. The zero-order chi connectivity index (χ0) is 22.6. The summed E-state index contributed by atoms with van der Waals surface area (Å²) < 4.78 is 0. The van der Waals surface area contributed by atoms with E-state index in [1.165, 1.54) is 5.56 Å². The Hall–Kier alpha value is -3.55. The van der Waals surface area contributed by atoms with Gasteiger partial charge >= 0.3 is 0 Å². The number of aromatic nitrogens is 3. The topological polar surface area (TPSA) is 85.9 Å². The van der Waals surface area contributed by atoms with Crippen LogP contribution >= 0.6 is 0 Å². The minimum atomic E-state index is -0.111. The third-order valence-corrected chi connectivity index (χ3v) is 6.25. The van der Waals surface area contributed by atoms with E-state index in [1.54, 1.807) is 0 Å². The van der Waals surface area contributed by atoms with Gasteiger partial charge in [-0.1, -0.05) is 60.7 Å². The maximum atomic E-state index is 13.5. The second kappa shape index (κ2) is 9.52. The van der Waals surface area contributed by atoms with Crippen LogP contribution in [0.15, 0.2) is 66.7 Å². The molecule has 2 aromatic carbocycles. The van der Waals surface area contributed by atoms with Crippen LogP contribution < -0.4 is 10.6 Å². The molecule has 1 saturated heterocycles. The maximum Gasteiger partial charge on any atom is 0.252 e. The Morgan fingerprint density at radius 1 is 1.06 bits per heavy atom. The summed E-state index contributed by atoms with van der Waals surface area (Å²) in [6.07, 6.45) is 0. The Labute approximate surface area is 193 Å². The minimum Gasteiger partial charge on any atom is -0.350 e. The number of nitrogens with zero attached hydrogens (tertiary/aromatic N) is 3.